The number of hydrogen-bond acceptors (Lipinski definition) is 3. The lowest BCUT2D eigenvalue weighted by molar-refractivity contribution is 0.0365. The molecule has 3 rings (SSSR count). The summed E-state index contributed by atoms with van der Waals surface area (Å²) in [7, 11) is 1.93. The van der Waals surface area contributed by atoms with E-state index in [1.54, 1.807) is 0 Å². The van der Waals surface area contributed by atoms with E-state index < -0.39 is 0 Å². The van der Waals surface area contributed by atoms with Gasteiger partial charge in [0.2, 0.25) is 0 Å². The van der Waals surface area contributed by atoms with Crippen LogP contribution in [0.3, 0.4) is 0 Å². The van der Waals surface area contributed by atoms with Gasteiger partial charge in [0.05, 0.1) is 13.2 Å². The Morgan fingerprint density at radius 2 is 2.04 bits per heavy atom. The molecule has 2 saturated heterocycles. The summed E-state index contributed by atoms with van der Waals surface area (Å²) in [6.07, 6.45) is 2.17. The molecule has 24 heavy (non-hydrogen) atoms. The first-order valence-corrected chi connectivity index (χ1v) is 9.08. The van der Waals surface area contributed by atoms with Crippen LogP contribution in [0.5, 0.6) is 0 Å². The molecule has 2 amide bonds. The van der Waals surface area contributed by atoms with E-state index in [0.29, 0.717) is 26.3 Å². The van der Waals surface area contributed by atoms with Gasteiger partial charge in [0.25, 0.3) is 0 Å². The molecule has 0 spiro atoms. The molecule has 2 aliphatic rings. The van der Waals surface area contributed by atoms with Gasteiger partial charge in [-0.05, 0) is 31.0 Å². The molecule has 0 saturated carbocycles. The van der Waals surface area contributed by atoms with Crippen molar-refractivity contribution in [1.82, 2.24) is 14.7 Å². The summed E-state index contributed by atoms with van der Waals surface area (Å²) >= 11 is 6.28. The molecule has 0 N–H and O–H groups in total. The van der Waals surface area contributed by atoms with Crippen molar-refractivity contribution in [1.29, 1.82) is 0 Å². The molecular formula is C18H26ClN3O2. The van der Waals surface area contributed by atoms with Crippen molar-refractivity contribution in [2.45, 2.75) is 25.4 Å². The van der Waals surface area contributed by atoms with E-state index in [-0.39, 0.29) is 12.1 Å². The van der Waals surface area contributed by atoms with Gasteiger partial charge in [-0.15, -0.1) is 0 Å². The number of halogens is 1. The molecule has 2 fully saturated rings. The zero-order valence-corrected chi connectivity index (χ0v) is 15.0. The number of amides is 2. The van der Waals surface area contributed by atoms with Crippen LogP contribution in [-0.2, 0) is 11.3 Å². The van der Waals surface area contributed by atoms with Gasteiger partial charge in [-0.1, -0.05) is 29.8 Å². The number of rotatable bonds is 3. The molecule has 0 aliphatic carbocycles. The number of likely N-dealkylation sites (N-methyl/N-ethyl adjacent to an activating group) is 1. The van der Waals surface area contributed by atoms with Gasteiger partial charge < -0.3 is 14.5 Å². The Bertz CT molecular complexity index is 563. The molecule has 0 bridgehead atoms. The van der Waals surface area contributed by atoms with E-state index in [9.17, 15) is 4.79 Å². The van der Waals surface area contributed by atoms with Gasteiger partial charge in [-0.2, -0.15) is 0 Å². The fourth-order valence-corrected chi connectivity index (χ4v) is 3.69. The minimum Gasteiger partial charge on any atom is -0.378 e. The largest absolute Gasteiger partial charge is 0.378 e. The van der Waals surface area contributed by atoms with E-state index in [2.05, 4.69) is 11.0 Å². The number of hydrogen-bond donors (Lipinski definition) is 0. The van der Waals surface area contributed by atoms with Crippen LogP contribution in [-0.4, -0.2) is 73.2 Å². The molecule has 1 unspecified atom stereocenters. The van der Waals surface area contributed by atoms with Crippen molar-refractivity contribution in [2.24, 2.45) is 0 Å². The predicted octanol–water partition coefficient (Wildman–Crippen LogP) is 2.69. The number of piperidine rings is 1. The average molecular weight is 352 g/mol. The highest BCUT2D eigenvalue weighted by Gasteiger charge is 2.29. The molecule has 1 aromatic rings. The molecule has 2 heterocycles. The fourth-order valence-electron chi connectivity index (χ4n) is 3.49. The number of benzene rings is 1. The fraction of sp³-hybridized carbons (Fsp3) is 0.611. The van der Waals surface area contributed by atoms with Gasteiger partial charge in [-0.3, -0.25) is 4.90 Å². The number of carbonyl (C=O) groups is 1. The lowest BCUT2D eigenvalue weighted by Gasteiger charge is -2.40. The van der Waals surface area contributed by atoms with Gasteiger partial charge >= 0.3 is 6.03 Å². The van der Waals surface area contributed by atoms with Crippen molar-refractivity contribution in [2.75, 3.05) is 46.4 Å². The Morgan fingerprint density at radius 3 is 2.79 bits per heavy atom. The van der Waals surface area contributed by atoms with E-state index in [1.165, 1.54) is 0 Å². The van der Waals surface area contributed by atoms with Crippen LogP contribution in [0.1, 0.15) is 18.4 Å². The highest BCUT2D eigenvalue weighted by molar-refractivity contribution is 6.31. The lowest BCUT2D eigenvalue weighted by Crippen LogP contribution is -2.54. The number of carbonyl (C=O) groups excluding carboxylic acids is 1. The summed E-state index contributed by atoms with van der Waals surface area (Å²) in [4.78, 5) is 18.9. The molecular weight excluding hydrogens is 326 g/mol. The standard InChI is InChI=1S/C18H26ClN3O2/c1-20(18(23)22-9-11-24-12-10-22)16-6-4-8-21(14-16)13-15-5-2-3-7-17(15)19/h2-3,5,7,16H,4,6,8-14H2,1H3. The second-order valence-corrected chi connectivity index (χ2v) is 7.02. The first-order valence-electron chi connectivity index (χ1n) is 8.70. The van der Waals surface area contributed by atoms with E-state index >= 15 is 0 Å². The maximum Gasteiger partial charge on any atom is 0.320 e. The highest BCUT2D eigenvalue weighted by atomic mass is 35.5. The topological polar surface area (TPSA) is 36.0 Å². The summed E-state index contributed by atoms with van der Waals surface area (Å²) in [6.45, 7) is 5.47. The van der Waals surface area contributed by atoms with Gasteiger partial charge in [-0.25, -0.2) is 4.79 Å². The van der Waals surface area contributed by atoms with Crippen LogP contribution in [0, 0.1) is 0 Å². The molecule has 1 atom stereocenters. The third-order valence-corrected chi connectivity index (χ3v) is 5.33. The molecule has 6 heteroatoms. The Balaban J connectivity index is 1.58. The van der Waals surface area contributed by atoms with Gasteiger partial charge in [0, 0.05) is 44.3 Å². The second kappa shape index (κ2) is 8.19. The number of urea groups is 1. The maximum atomic E-state index is 12.7. The first-order chi connectivity index (χ1) is 11.6. The first kappa shape index (κ1) is 17.5. The van der Waals surface area contributed by atoms with Crippen molar-refractivity contribution in [3.63, 3.8) is 0 Å². The van der Waals surface area contributed by atoms with E-state index in [0.717, 1.165) is 43.1 Å². The van der Waals surface area contributed by atoms with Crippen LogP contribution >= 0.6 is 11.6 Å². The minimum absolute atomic E-state index is 0.128. The Morgan fingerprint density at radius 1 is 1.29 bits per heavy atom. The third kappa shape index (κ3) is 4.21. The third-order valence-electron chi connectivity index (χ3n) is 4.96. The summed E-state index contributed by atoms with van der Waals surface area (Å²) in [5.41, 5.74) is 1.15. The van der Waals surface area contributed by atoms with Crippen molar-refractivity contribution < 1.29 is 9.53 Å². The molecule has 132 valence electrons. The normalized spacial score (nSPS) is 22.4. The van der Waals surface area contributed by atoms with Gasteiger partial charge in [0.1, 0.15) is 0 Å². The Labute approximate surface area is 149 Å². The maximum absolute atomic E-state index is 12.7. The van der Waals surface area contributed by atoms with E-state index in [1.807, 2.05) is 35.0 Å². The zero-order chi connectivity index (χ0) is 16.9. The number of nitrogens with zero attached hydrogens (tertiary/aromatic N) is 3. The summed E-state index contributed by atoms with van der Waals surface area (Å²) in [5, 5.41) is 0.817. The molecule has 0 radical (unpaired) electrons. The predicted molar refractivity (Wildman–Crippen MR) is 95.3 cm³/mol. The van der Waals surface area contributed by atoms with Crippen LogP contribution in [0.4, 0.5) is 4.79 Å². The zero-order valence-electron chi connectivity index (χ0n) is 14.3. The van der Waals surface area contributed by atoms with E-state index in [4.69, 9.17) is 16.3 Å². The molecule has 0 aromatic heterocycles. The summed E-state index contributed by atoms with van der Waals surface area (Å²) in [5.74, 6) is 0. The lowest BCUT2D eigenvalue weighted by atomic mass is 10.0. The number of likely N-dealkylation sites (tertiary alicyclic amines) is 1. The van der Waals surface area contributed by atoms with Crippen LogP contribution in [0.15, 0.2) is 24.3 Å². The minimum atomic E-state index is 0.128. The number of ether oxygens (including phenoxy) is 1. The van der Waals surface area contributed by atoms with Crippen molar-refractivity contribution in [3.05, 3.63) is 34.9 Å². The average Bonchev–Trinajstić information content (AvgIpc) is 2.63. The Kier molecular flexibility index (Phi) is 5.98. The summed E-state index contributed by atoms with van der Waals surface area (Å²) < 4.78 is 5.34. The van der Waals surface area contributed by atoms with Gasteiger partial charge in [0.15, 0.2) is 0 Å². The Hall–Kier alpha value is -1.30. The quantitative estimate of drug-likeness (QED) is 0.840. The molecule has 1 aromatic carbocycles. The molecule has 5 nitrogen and oxygen atoms in total. The van der Waals surface area contributed by atoms with Crippen molar-refractivity contribution in [3.8, 4) is 0 Å². The van der Waals surface area contributed by atoms with Crippen molar-refractivity contribution >= 4 is 17.6 Å². The molecule has 2 aliphatic heterocycles. The van der Waals surface area contributed by atoms with Crippen LogP contribution in [0.25, 0.3) is 0 Å². The van der Waals surface area contributed by atoms with Crippen LogP contribution < -0.4 is 0 Å². The summed E-state index contributed by atoms with van der Waals surface area (Å²) in [6, 6.07) is 8.39. The monoisotopic (exact) mass is 351 g/mol. The SMILES string of the molecule is CN(C(=O)N1CCOCC1)C1CCCN(Cc2ccccc2Cl)C1. The number of morpholine rings is 1. The smallest absolute Gasteiger partial charge is 0.320 e. The second-order valence-electron chi connectivity index (χ2n) is 6.62. The highest BCUT2D eigenvalue weighted by Crippen LogP contribution is 2.22. The van der Waals surface area contributed by atoms with Crippen LogP contribution in [0.2, 0.25) is 5.02 Å².